The van der Waals surface area contributed by atoms with Crippen LogP contribution in [0.4, 0.5) is 5.95 Å². The Labute approximate surface area is 95.5 Å². The molecule has 2 heterocycles. The SMILES string of the molecule is Cc1cnc(N2CCCC(CCl)C2)nc1. The zero-order valence-electron chi connectivity index (χ0n) is 8.99. The minimum atomic E-state index is 0.588. The molecule has 0 spiro atoms. The summed E-state index contributed by atoms with van der Waals surface area (Å²) < 4.78 is 0. The molecule has 1 unspecified atom stereocenters. The topological polar surface area (TPSA) is 29.0 Å². The summed E-state index contributed by atoms with van der Waals surface area (Å²) in [6.07, 6.45) is 6.15. The minimum absolute atomic E-state index is 0.588. The van der Waals surface area contributed by atoms with E-state index in [1.807, 2.05) is 19.3 Å². The first-order chi connectivity index (χ1) is 7.29. The quantitative estimate of drug-likeness (QED) is 0.723. The summed E-state index contributed by atoms with van der Waals surface area (Å²) in [4.78, 5) is 10.9. The van der Waals surface area contributed by atoms with Crippen LogP contribution in [-0.4, -0.2) is 28.9 Å². The molecule has 0 radical (unpaired) electrons. The average molecular weight is 226 g/mol. The van der Waals surface area contributed by atoms with Crippen molar-refractivity contribution in [3.8, 4) is 0 Å². The second kappa shape index (κ2) is 4.79. The molecule has 4 heteroatoms. The predicted octanol–water partition coefficient (Wildman–Crippen LogP) is 2.24. The Kier molecular flexibility index (Phi) is 3.41. The molecule has 0 bridgehead atoms. The average Bonchev–Trinajstić information content (AvgIpc) is 2.30. The Morgan fingerprint density at radius 3 is 2.87 bits per heavy atom. The summed E-state index contributed by atoms with van der Waals surface area (Å²) in [7, 11) is 0. The molecule has 0 aliphatic carbocycles. The number of alkyl halides is 1. The molecule has 1 aliphatic rings. The Balaban J connectivity index is 2.06. The summed E-state index contributed by atoms with van der Waals surface area (Å²) in [5.41, 5.74) is 1.10. The Morgan fingerprint density at radius 2 is 2.20 bits per heavy atom. The fourth-order valence-electron chi connectivity index (χ4n) is 1.92. The molecule has 0 N–H and O–H groups in total. The second-order valence-corrected chi connectivity index (χ2v) is 4.48. The van der Waals surface area contributed by atoms with Crippen LogP contribution in [0.5, 0.6) is 0 Å². The van der Waals surface area contributed by atoms with Gasteiger partial charge in [-0.05, 0) is 31.2 Å². The number of halogens is 1. The lowest BCUT2D eigenvalue weighted by Crippen LogP contribution is -2.37. The van der Waals surface area contributed by atoms with Crippen molar-refractivity contribution in [1.82, 2.24) is 9.97 Å². The highest BCUT2D eigenvalue weighted by atomic mass is 35.5. The monoisotopic (exact) mass is 225 g/mol. The van der Waals surface area contributed by atoms with E-state index in [-0.39, 0.29) is 0 Å². The van der Waals surface area contributed by atoms with Gasteiger partial charge in [-0.15, -0.1) is 11.6 Å². The molecular formula is C11H16ClN3. The molecule has 0 amide bonds. The second-order valence-electron chi connectivity index (χ2n) is 4.17. The lowest BCUT2D eigenvalue weighted by molar-refractivity contribution is 0.446. The Bertz CT molecular complexity index is 312. The standard InChI is InChI=1S/C11H16ClN3/c1-9-6-13-11(14-7-9)15-4-2-3-10(5-12)8-15/h6-7,10H,2-5,8H2,1H3. The van der Waals surface area contributed by atoms with E-state index in [9.17, 15) is 0 Å². The maximum atomic E-state index is 5.89. The normalized spacial score (nSPS) is 21.7. The van der Waals surface area contributed by atoms with Crippen molar-refractivity contribution in [3.05, 3.63) is 18.0 Å². The summed E-state index contributed by atoms with van der Waals surface area (Å²) in [6.45, 7) is 4.05. The van der Waals surface area contributed by atoms with E-state index in [1.54, 1.807) is 0 Å². The smallest absolute Gasteiger partial charge is 0.225 e. The number of rotatable bonds is 2. The fraction of sp³-hybridized carbons (Fsp3) is 0.636. The molecule has 1 atom stereocenters. The van der Waals surface area contributed by atoms with Gasteiger partial charge in [0.1, 0.15) is 0 Å². The highest BCUT2D eigenvalue weighted by Gasteiger charge is 2.20. The van der Waals surface area contributed by atoms with Crippen molar-refractivity contribution < 1.29 is 0 Å². The van der Waals surface area contributed by atoms with Gasteiger partial charge in [0.05, 0.1) is 0 Å². The molecule has 82 valence electrons. The van der Waals surface area contributed by atoms with E-state index in [4.69, 9.17) is 11.6 Å². The van der Waals surface area contributed by atoms with Crippen LogP contribution >= 0.6 is 11.6 Å². The number of aryl methyl sites for hydroxylation is 1. The molecule has 1 aromatic heterocycles. The maximum Gasteiger partial charge on any atom is 0.225 e. The Morgan fingerprint density at radius 1 is 1.47 bits per heavy atom. The van der Waals surface area contributed by atoms with Gasteiger partial charge in [0.25, 0.3) is 0 Å². The third-order valence-electron chi connectivity index (χ3n) is 2.79. The lowest BCUT2D eigenvalue weighted by Gasteiger charge is -2.31. The predicted molar refractivity (Wildman–Crippen MR) is 62.4 cm³/mol. The summed E-state index contributed by atoms with van der Waals surface area (Å²) in [6, 6.07) is 0. The molecule has 3 nitrogen and oxygen atoms in total. The molecule has 1 saturated heterocycles. The highest BCUT2D eigenvalue weighted by molar-refractivity contribution is 6.18. The van der Waals surface area contributed by atoms with Gasteiger partial charge in [-0.1, -0.05) is 0 Å². The van der Waals surface area contributed by atoms with Crippen LogP contribution in [0.3, 0.4) is 0 Å². The Hall–Kier alpha value is -0.830. The number of nitrogens with zero attached hydrogens (tertiary/aromatic N) is 3. The van der Waals surface area contributed by atoms with E-state index in [0.29, 0.717) is 5.92 Å². The van der Waals surface area contributed by atoms with Gasteiger partial charge in [0, 0.05) is 31.4 Å². The number of hydrogen-bond donors (Lipinski definition) is 0. The first-order valence-electron chi connectivity index (χ1n) is 5.39. The largest absolute Gasteiger partial charge is 0.341 e. The lowest BCUT2D eigenvalue weighted by atomic mass is 10.0. The van der Waals surface area contributed by atoms with Crippen molar-refractivity contribution in [2.45, 2.75) is 19.8 Å². The molecular weight excluding hydrogens is 210 g/mol. The van der Waals surface area contributed by atoms with Gasteiger partial charge >= 0.3 is 0 Å². The first-order valence-corrected chi connectivity index (χ1v) is 5.92. The number of anilines is 1. The van der Waals surface area contributed by atoms with Gasteiger partial charge in [0.15, 0.2) is 0 Å². The van der Waals surface area contributed by atoms with E-state index >= 15 is 0 Å². The zero-order chi connectivity index (χ0) is 10.7. The van der Waals surface area contributed by atoms with Gasteiger partial charge in [-0.3, -0.25) is 0 Å². The van der Waals surface area contributed by atoms with Crippen LogP contribution in [0, 0.1) is 12.8 Å². The molecule has 0 aromatic carbocycles. The third-order valence-corrected chi connectivity index (χ3v) is 3.22. The van der Waals surface area contributed by atoms with Crippen molar-refractivity contribution in [2.75, 3.05) is 23.9 Å². The fourth-order valence-corrected chi connectivity index (χ4v) is 2.17. The molecule has 1 aromatic rings. The van der Waals surface area contributed by atoms with E-state index < -0.39 is 0 Å². The van der Waals surface area contributed by atoms with Crippen LogP contribution in [0.25, 0.3) is 0 Å². The van der Waals surface area contributed by atoms with Crippen LogP contribution in [0.2, 0.25) is 0 Å². The van der Waals surface area contributed by atoms with E-state index in [2.05, 4.69) is 14.9 Å². The molecule has 0 saturated carbocycles. The van der Waals surface area contributed by atoms with Gasteiger partial charge in [-0.2, -0.15) is 0 Å². The summed E-state index contributed by atoms with van der Waals surface area (Å²) >= 11 is 5.89. The van der Waals surface area contributed by atoms with Crippen molar-refractivity contribution in [2.24, 2.45) is 5.92 Å². The van der Waals surface area contributed by atoms with Crippen molar-refractivity contribution in [1.29, 1.82) is 0 Å². The van der Waals surface area contributed by atoms with Crippen LogP contribution in [0.1, 0.15) is 18.4 Å². The van der Waals surface area contributed by atoms with Crippen LogP contribution in [0.15, 0.2) is 12.4 Å². The van der Waals surface area contributed by atoms with Gasteiger partial charge < -0.3 is 4.90 Å². The van der Waals surface area contributed by atoms with Crippen LogP contribution in [-0.2, 0) is 0 Å². The zero-order valence-corrected chi connectivity index (χ0v) is 9.74. The van der Waals surface area contributed by atoms with Crippen molar-refractivity contribution >= 4 is 17.5 Å². The molecule has 1 aliphatic heterocycles. The molecule has 2 rings (SSSR count). The summed E-state index contributed by atoms with van der Waals surface area (Å²) in [5.74, 6) is 2.17. The molecule has 1 fully saturated rings. The molecule has 15 heavy (non-hydrogen) atoms. The van der Waals surface area contributed by atoms with E-state index in [1.165, 1.54) is 12.8 Å². The maximum absolute atomic E-state index is 5.89. The number of piperidine rings is 1. The highest BCUT2D eigenvalue weighted by Crippen LogP contribution is 2.20. The van der Waals surface area contributed by atoms with Crippen LogP contribution < -0.4 is 4.90 Å². The number of hydrogen-bond acceptors (Lipinski definition) is 3. The summed E-state index contributed by atoms with van der Waals surface area (Å²) in [5, 5.41) is 0. The first kappa shape index (κ1) is 10.7. The third kappa shape index (κ3) is 2.59. The van der Waals surface area contributed by atoms with Gasteiger partial charge in [-0.25, -0.2) is 9.97 Å². The van der Waals surface area contributed by atoms with Gasteiger partial charge in [0.2, 0.25) is 5.95 Å². The number of aromatic nitrogens is 2. The van der Waals surface area contributed by atoms with Crippen molar-refractivity contribution in [3.63, 3.8) is 0 Å². The minimum Gasteiger partial charge on any atom is -0.341 e. The van der Waals surface area contributed by atoms with E-state index in [0.717, 1.165) is 30.5 Å².